The van der Waals surface area contributed by atoms with Crippen molar-refractivity contribution in [2.24, 2.45) is 0 Å². The summed E-state index contributed by atoms with van der Waals surface area (Å²) in [5.41, 5.74) is 6.30. The first-order chi connectivity index (χ1) is 19.6. The minimum Gasteiger partial charge on any atom is -0.478 e. The van der Waals surface area contributed by atoms with Gasteiger partial charge < -0.3 is 14.6 Å². The molecule has 0 aromatic heterocycles. The molecule has 2 atom stereocenters. The number of ether oxygens (including phenoxy) is 2. The predicted octanol–water partition coefficient (Wildman–Crippen LogP) is 3.75. The molecule has 0 aliphatic carbocycles. The number of carboxylic acids is 1. The zero-order valence-corrected chi connectivity index (χ0v) is 22.1. The molecule has 10 heteroatoms. The molecular formula is C31H26N2O8. The normalized spacial score (nSPS) is 12.0. The summed E-state index contributed by atoms with van der Waals surface area (Å²) in [5, 5.41) is 11.3. The molecule has 41 heavy (non-hydrogen) atoms. The van der Waals surface area contributed by atoms with Crippen molar-refractivity contribution in [2.45, 2.75) is 26.1 Å². The smallest absolute Gasteiger partial charge is 0.349 e. The van der Waals surface area contributed by atoms with E-state index in [4.69, 9.17) is 9.47 Å². The van der Waals surface area contributed by atoms with E-state index < -0.39 is 41.9 Å². The highest BCUT2D eigenvalue weighted by Crippen LogP contribution is 2.18. The summed E-state index contributed by atoms with van der Waals surface area (Å²) in [6.45, 7) is 3.60. The van der Waals surface area contributed by atoms with Crippen LogP contribution in [0.3, 0.4) is 0 Å². The summed E-state index contributed by atoms with van der Waals surface area (Å²) in [5.74, 6) is -5.78. The molecule has 4 rings (SSSR count). The van der Waals surface area contributed by atoms with Crippen molar-refractivity contribution >= 4 is 40.5 Å². The van der Waals surface area contributed by atoms with E-state index >= 15 is 0 Å². The average Bonchev–Trinajstić information content (AvgIpc) is 2.97. The maximum Gasteiger partial charge on any atom is 0.349 e. The number of rotatable bonds is 8. The largest absolute Gasteiger partial charge is 0.478 e. The number of hydrogen-bond donors (Lipinski definition) is 3. The van der Waals surface area contributed by atoms with Gasteiger partial charge in [-0.05, 0) is 55.0 Å². The summed E-state index contributed by atoms with van der Waals surface area (Å²) in [4.78, 5) is 63.9. The Hall–Kier alpha value is -5.51. The van der Waals surface area contributed by atoms with E-state index in [2.05, 4.69) is 10.9 Å². The van der Waals surface area contributed by atoms with Crippen molar-refractivity contribution in [3.05, 3.63) is 119 Å². The summed E-state index contributed by atoms with van der Waals surface area (Å²) >= 11 is 0. The van der Waals surface area contributed by atoms with Crippen LogP contribution in [0.15, 0.2) is 91.0 Å². The van der Waals surface area contributed by atoms with E-state index in [1.807, 2.05) is 18.2 Å². The highest BCUT2D eigenvalue weighted by Gasteiger charge is 2.41. The quantitative estimate of drug-likeness (QED) is 0.220. The fourth-order valence-electron chi connectivity index (χ4n) is 3.92. The standard InChI is InChI=1S/C31H26N2O8/c1-18-10-14-21(15-11-18)30(38)40-25(26(29(36)37)41-31(39)22-16-12-19(2)13-17-22)28(35)33-32-27(34)24-9-5-7-20-6-3-4-8-23(20)24/h3-17,25-26H,1-2H3,(H,32,34)(H,33,35)(H,36,37)/t25-,26+/m0/s1. The SMILES string of the molecule is Cc1ccc(C(=O)O[C@H](C(=O)NNC(=O)c2cccc3ccccc23)[C@@H](OC(=O)c2ccc(C)cc2)C(=O)O)cc1. The van der Waals surface area contributed by atoms with Crippen LogP contribution in [0, 0.1) is 13.8 Å². The Morgan fingerprint density at radius 2 is 1.15 bits per heavy atom. The Morgan fingerprint density at radius 3 is 1.71 bits per heavy atom. The Labute approximate surface area is 234 Å². The average molecular weight is 555 g/mol. The molecule has 208 valence electrons. The van der Waals surface area contributed by atoms with Crippen molar-refractivity contribution < 1.29 is 38.6 Å². The third-order valence-electron chi connectivity index (χ3n) is 6.15. The second-order valence-electron chi connectivity index (χ2n) is 9.19. The molecule has 0 saturated heterocycles. The van der Waals surface area contributed by atoms with Gasteiger partial charge >= 0.3 is 17.9 Å². The minimum absolute atomic E-state index is 0.0233. The molecule has 0 saturated carbocycles. The number of hydrogen-bond acceptors (Lipinski definition) is 7. The highest BCUT2D eigenvalue weighted by atomic mass is 16.6. The number of esters is 2. The maximum absolute atomic E-state index is 13.2. The number of amides is 2. The summed E-state index contributed by atoms with van der Waals surface area (Å²) < 4.78 is 10.4. The molecule has 0 fully saturated rings. The van der Waals surface area contributed by atoms with Gasteiger partial charge in [0.25, 0.3) is 11.8 Å². The first-order valence-electron chi connectivity index (χ1n) is 12.5. The number of hydrazine groups is 1. The lowest BCUT2D eigenvalue weighted by molar-refractivity contribution is -0.159. The zero-order chi connectivity index (χ0) is 29.5. The molecule has 2 amide bonds. The number of fused-ring (bicyclic) bond motifs is 1. The molecule has 4 aromatic rings. The minimum atomic E-state index is -2.24. The van der Waals surface area contributed by atoms with Crippen LogP contribution in [0.2, 0.25) is 0 Å². The Bertz CT molecular complexity index is 1610. The van der Waals surface area contributed by atoms with E-state index in [1.165, 1.54) is 24.3 Å². The number of nitrogens with one attached hydrogen (secondary N) is 2. The molecule has 0 radical (unpaired) electrons. The van der Waals surface area contributed by atoms with Crippen molar-refractivity contribution in [1.82, 2.24) is 10.9 Å². The molecule has 4 aromatic carbocycles. The lowest BCUT2D eigenvalue weighted by Crippen LogP contribution is -2.54. The zero-order valence-electron chi connectivity index (χ0n) is 22.1. The van der Waals surface area contributed by atoms with Gasteiger partial charge in [-0.25, -0.2) is 14.4 Å². The van der Waals surface area contributed by atoms with Crippen molar-refractivity contribution in [2.75, 3.05) is 0 Å². The van der Waals surface area contributed by atoms with Crippen molar-refractivity contribution in [1.29, 1.82) is 0 Å². The van der Waals surface area contributed by atoms with Crippen LogP contribution in [0.5, 0.6) is 0 Å². The van der Waals surface area contributed by atoms with Gasteiger partial charge in [0.1, 0.15) is 0 Å². The third-order valence-corrected chi connectivity index (χ3v) is 6.15. The fraction of sp³-hybridized carbons (Fsp3) is 0.129. The molecule has 0 aliphatic rings. The molecule has 0 aliphatic heterocycles. The van der Waals surface area contributed by atoms with Crippen LogP contribution in [-0.4, -0.2) is 47.0 Å². The fourth-order valence-corrected chi connectivity index (χ4v) is 3.92. The van der Waals surface area contributed by atoms with Crippen molar-refractivity contribution in [3.8, 4) is 0 Å². The van der Waals surface area contributed by atoms with Gasteiger partial charge in [-0.1, -0.05) is 71.8 Å². The number of aryl methyl sites for hydroxylation is 2. The van der Waals surface area contributed by atoms with Gasteiger partial charge in [0.2, 0.25) is 12.2 Å². The van der Waals surface area contributed by atoms with Gasteiger partial charge in [-0.15, -0.1) is 0 Å². The predicted molar refractivity (Wildman–Crippen MR) is 148 cm³/mol. The molecule has 0 heterocycles. The third kappa shape index (κ3) is 6.93. The van der Waals surface area contributed by atoms with Crippen LogP contribution in [0.25, 0.3) is 10.8 Å². The van der Waals surface area contributed by atoms with Crippen molar-refractivity contribution in [3.63, 3.8) is 0 Å². The van der Waals surface area contributed by atoms with E-state index in [-0.39, 0.29) is 16.7 Å². The second kappa shape index (κ2) is 12.6. The van der Waals surface area contributed by atoms with Gasteiger partial charge in [0.15, 0.2) is 0 Å². The number of carbonyl (C=O) groups is 5. The van der Waals surface area contributed by atoms with Gasteiger partial charge in [-0.3, -0.25) is 20.4 Å². The van der Waals surface area contributed by atoms with Crippen LogP contribution in [-0.2, 0) is 19.1 Å². The number of aliphatic carboxylic acids is 1. The number of carbonyl (C=O) groups excluding carboxylic acids is 4. The summed E-state index contributed by atoms with van der Waals surface area (Å²) in [6, 6.07) is 24.3. The Morgan fingerprint density at radius 1 is 0.634 bits per heavy atom. The molecule has 0 bridgehead atoms. The molecule has 0 spiro atoms. The summed E-state index contributed by atoms with van der Waals surface area (Å²) in [7, 11) is 0. The van der Waals surface area contributed by atoms with Gasteiger partial charge in [0.05, 0.1) is 11.1 Å². The van der Waals surface area contributed by atoms with E-state index in [0.717, 1.165) is 16.5 Å². The molecule has 3 N–H and O–H groups in total. The molecule has 10 nitrogen and oxygen atoms in total. The van der Waals surface area contributed by atoms with Crippen LogP contribution in [0.1, 0.15) is 42.2 Å². The van der Waals surface area contributed by atoms with Crippen LogP contribution < -0.4 is 10.9 Å². The number of benzene rings is 4. The lowest BCUT2D eigenvalue weighted by atomic mass is 10.0. The maximum atomic E-state index is 13.2. The lowest BCUT2D eigenvalue weighted by Gasteiger charge is -2.23. The van der Waals surface area contributed by atoms with Crippen LogP contribution in [0.4, 0.5) is 0 Å². The first-order valence-corrected chi connectivity index (χ1v) is 12.5. The van der Waals surface area contributed by atoms with E-state index in [9.17, 15) is 29.1 Å². The highest BCUT2D eigenvalue weighted by molar-refractivity contribution is 6.07. The second-order valence-corrected chi connectivity index (χ2v) is 9.19. The van der Waals surface area contributed by atoms with Crippen LogP contribution >= 0.6 is 0 Å². The first kappa shape index (κ1) is 28.5. The Balaban J connectivity index is 1.58. The van der Waals surface area contributed by atoms with Gasteiger partial charge in [0, 0.05) is 5.56 Å². The monoisotopic (exact) mass is 554 g/mol. The van der Waals surface area contributed by atoms with E-state index in [0.29, 0.717) is 5.39 Å². The number of carboxylic acid groups (broad SMARTS) is 1. The van der Waals surface area contributed by atoms with E-state index in [1.54, 1.807) is 62.4 Å². The topological polar surface area (TPSA) is 148 Å². The molecular weight excluding hydrogens is 528 g/mol. The summed E-state index contributed by atoms with van der Waals surface area (Å²) in [6.07, 6.45) is -4.41. The Kier molecular flexibility index (Phi) is 8.73. The van der Waals surface area contributed by atoms with Gasteiger partial charge in [-0.2, -0.15) is 0 Å². The molecule has 0 unspecified atom stereocenters.